The van der Waals surface area contributed by atoms with Gasteiger partial charge in [-0.1, -0.05) is 6.07 Å². The van der Waals surface area contributed by atoms with Crippen LogP contribution in [0.5, 0.6) is 0 Å². The molecule has 0 saturated heterocycles. The first-order valence-corrected chi connectivity index (χ1v) is 5.77. The van der Waals surface area contributed by atoms with E-state index in [0.717, 1.165) is 16.3 Å². The number of thioether (sulfide) groups is 1. The predicted octanol–water partition coefficient (Wildman–Crippen LogP) is 1.93. The number of anilines is 2. The van der Waals surface area contributed by atoms with E-state index in [0.29, 0.717) is 11.5 Å². The molecule has 0 fully saturated rings. The van der Waals surface area contributed by atoms with E-state index in [9.17, 15) is 0 Å². The minimum atomic E-state index is 0.541. The van der Waals surface area contributed by atoms with Crippen molar-refractivity contribution in [2.75, 3.05) is 11.5 Å². The van der Waals surface area contributed by atoms with Gasteiger partial charge in [-0.15, -0.1) is 11.8 Å². The topological polar surface area (TPSA) is 77.8 Å². The van der Waals surface area contributed by atoms with Gasteiger partial charge in [0.05, 0.1) is 16.9 Å². The average Bonchev–Trinajstić information content (AvgIpc) is 2.30. The van der Waals surface area contributed by atoms with Gasteiger partial charge in [0.15, 0.2) is 0 Å². The van der Waals surface area contributed by atoms with E-state index in [2.05, 4.69) is 9.97 Å². The zero-order chi connectivity index (χ0) is 11.4. The normalized spacial score (nSPS) is 10.2. The van der Waals surface area contributed by atoms with Crippen molar-refractivity contribution < 1.29 is 0 Å². The summed E-state index contributed by atoms with van der Waals surface area (Å²) in [5, 5.41) is 0.950. The van der Waals surface area contributed by atoms with Crippen molar-refractivity contribution in [1.82, 2.24) is 9.97 Å². The van der Waals surface area contributed by atoms with Crippen LogP contribution in [-0.2, 0) is 5.75 Å². The van der Waals surface area contributed by atoms with Crippen molar-refractivity contribution in [3.8, 4) is 0 Å². The summed E-state index contributed by atoms with van der Waals surface area (Å²) in [6.45, 7) is 0. The van der Waals surface area contributed by atoms with Crippen LogP contribution in [0.25, 0.3) is 0 Å². The van der Waals surface area contributed by atoms with Crippen LogP contribution in [0.4, 0.5) is 11.5 Å². The highest BCUT2D eigenvalue weighted by Gasteiger charge is 1.98. The fraction of sp³-hybridized carbons (Fsp3) is 0.0909. The summed E-state index contributed by atoms with van der Waals surface area (Å²) in [5.41, 5.74) is 12.9. The molecule has 0 spiro atoms. The average molecular weight is 232 g/mol. The van der Waals surface area contributed by atoms with Gasteiger partial charge in [-0.2, -0.15) is 0 Å². The lowest BCUT2D eigenvalue weighted by molar-refractivity contribution is 1.13. The molecule has 0 unspecified atom stereocenters. The second kappa shape index (κ2) is 4.85. The standard InChI is InChI=1S/C11H12N4S/c12-9-2-4-11(15-6-9)16-7-8-1-3-10(13)14-5-8/h1-6H,7,12H2,(H2,13,14). The first kappa shape index (κ1) is 10.8. The van der Waals surface area contributed by atoms with E-state index in [4.69, 9.17) is 11.5 Å². The van der Waals surface area contributed by atoms with Gasteiger partial charge in [0.25, 0.3) is 0 Å². The lowest BCUT2D eigenvalue weighted by atomic mass is 10.3. The molecule has 2 aromatic heterocycles. The van der Waals surface area contributed by atoms with E-state index in [1.54, 1.807) is 30.2 Å². The molecule has 2 aromatic rings. The fourth-order valence-corrected chi connectivity index (χ4v) is 1.93. The van der Waals surface area contributed by atoms with Crippen molar-refractivity contribution in [3.63, 3.8) is 0 Å². The number of aromatic nitrogens is 2. The van der Waals surface area contributed by atoms with Crippen molar-refractivity contribution >= 4 is 23.3 Å². The molecule has 2 rings (SSSR count). The molecule has 82 valence electrons. The van der Waals surface area contributed by atoms with Gasteiger partial charge in [-0.05, 0) is 23.8 Å². The number of hydrogen-bond donors (Lipinski definition) is 2. The van der Waals surface area contributed by atoms with E-state index in [1.807, 2.05) is 18.2 Å². The van der Waals surface area contributed by atoms with Crippen LogP contribution in [-0.4, -0.2) is 9.97 Å². The van der Waals surface area contributed by atoms with E-state index >= 15 is 0 Å². The molecule has 4 N–H and O–H groups in total. The monoisotopic (exact) mass is 232 g/mol. The van der Waals surface area contributed by atoms with Gasteiger partial charge in [0.2, 0.25) is 0 Å². The molecule has 0 aliphatic rings. The van der Waals surface area contributed by atoms with Crippen LogP contribution >= 0.6 is 11.8 Å². The molecule has 0 aliphatic carbocycles. The predicted molar refractivity (Wildman–Crippen MR) is 66.9 cm³/mol. The first-order chi connectivity index (χ1) is 7.74. The van der Waals surface area contributed by atoms with Crippen molar-refractivity contribution in [2.45, 2.75) is 10.8 Å². The van der Waals surface area contributed by atoms with Crippen LogP contribution in [0.3, 0.4) is 0 Å². The van der Waals surface area contributed by atoms with Gasteiger partial charge in [0.1, 0.15) is 5.82 Å². The highest BCUT2D eigenvalue weighted by molar-refractivity contribution is 7.98. The largest absolute Gasteiger partial charge is 0.397 e. The Labute approximate surface area is 98.1 Å². The summed E-state index contributed by atoms with van der Waals surface area (Å²) in [6.07, 6.45) is 3.43. The Morgan fingerprint density at radius 2 is 1.88 bits per heavy atom. The fourth-order valence-electron chi connectivity index (χ4n) is 1.16. The Morgan fingerprint density at radius 3 is 2.50 bits per heavy atom. The molecule has 2 heterocycles. The highest BCUT2D eigenvalue weighted by Crippen LogP contribution is 2.20. The third-order valence-corrected chi connectivity index (χ3v) is 3.01. The lowest BCUT2D eigenvalue weighted by Gasteiger charge is -2.01. The molecule has 0 radical (unpaired) electrons. The van der Waals surface area contributed by atoms with Gasteiger partial charge in [-0.25, -0.2) is 9.97 Å². The molecule has 16 heavy (non-hydrogen) atoms. The summed E-state index contributed by atoms with van der Waals surface area (Å²) in [4.78, 5) is 8.23. The van der Waals surface area contributed by atoms with E-state index < -0.39 is 0 Å². The number of pyridine rings is 2. The van der Waals surface area contributed by atoms with E-state index in [-0.39, 0.29) is 0 Å². The van der Waals surface area contributed by atoms with Gasteiger partial charge in [-0.3, -0.25) is 0 Å². The van der Waals surface area contributed by atoms with Crippen molar-refractivity contribution in [2.24, 2.45) is 0 Å². The second-order valence-corrected chi connectivity index (χ2v) is 4.31. The molecule has 0 aromatic carbocycles. The second-order valence-electron chi connectivity index (χ2n) is 3.31. The van der Waals surface area contributed by atoms with Crippen LogP contribution in [0, 0.1) is 0 Å². The van der Waals surface area contributed by atoms with Crippen LogP contribution in [0.2, 0.25) is 0 Å². The quantitative estimate of drug-likeness (QED) is 0.791. The van der Waals surface area contributed by atoms with Gasteiger partial charge >= 0.3 is 0 Å². The Kier molecular flexibility index (Phi) is 3.26. The summed E-state index contributed by atoms with van der Waals surface area (Å²) in [6, 6.07) is 7.51. The van der Waals surface area contributed by atoms with Crippen LogP contribution in [0.1, 0.15) is 5.56 Å². The van der Waals surface area contributed by atoms with Crippen LogP contribution < -0.4 is 11.5 Å². The Morgan fingerprint density at radius 1 is 1.00 bits per heavy atom. The third kappa shape index (κ3) is 2.87. The Bertz CT molecular complexity index is 407. The maximum absolute atomic E-state index is 5.55. The lowest BCUT2D eigenvalue weighted by Crippen LogP contribution is -1.91. The maximum atomic E-state index is 5.55. The molecule has 0 amide bonds. The Hall–Kier alpha value is -1.75. The summed E-state index contributed by atoms with van der Waals surface area (Å²) < 4.78 is 0. The minimum Gasteiger partial charge on any atom is -0.397 e. The smallest absolute Gasteiger partial charge is 0.123 e. The van der Waals surface area contributed by atoms with Crippen LogP contribution in [0.15, 0.2) is 41.7 Å². The third-order valence-electron chi connectivity index (χ3n) is 1.99. The highest BCUT2D eigenvalue weighted by atomic mass is 32.2. The number of hydrogen-bond acceptors (Lipinski definition) is 5. The van der Waals surface area contributed by atoms with Crippen molar-refractivity contribution in [3.05, 3.63) is 42.2 Å². The summed E-state index contributed by atoms with van der Waals surface area (Å²) >= 11 is 1.64. The summed E-state index contributed by atoms with van der Waals surface area (Å²) in [7, 11) is 0. The minimum absolute atomic E-state index is 0.541. The SMILES string of the molecule is Nc1ccc(SCc2ccc(N)nc2)nc1. The molecular weight excluding hydrogens is 220 g/mol. The molecule has 0 aliphatic heterocycles. The number of nitrogens with two attached hydrogens (primary N) is 2. The molecule has 0 bridgehead atoms. The zero-order valence-corrected chi connectivity index (χ0v) is 9.45. The van der Waals surface area contributed by atoms with Gasteiger partial charge < -0.3 is 11.5 Å². The van der Waals surface area contributed by atoms with Crippen molar-refractivity contribution in [1.29, 1.82) is 0 Å². The Balaban J connectivity index is 1.97. The number of nitrogen functional groups attached to an aromatic ring is 2. The molecular formula is C11H12N4S. The molecule has 0 saturated carbocycles. The number of rotatable bonds is 3. The zero-order valence-electron chi connectivity index (χ0n) is 8.63. The molecule has 0 atom stereocenters. The molecule has 4 nitrogen and oxygen atoms in total. The molecule has 5 heteroatoms. The first-order valence-electron chi connectivity index (χ1n) is 4.79. The van der Waals surface area contributed by atoms with Gasteiger partial charge in [0, 0.05) is 11.9 Å². The number of nitrogens with zero attached hydrogens (tertiary/aromatic N) is 2. The summed E-state index contributed by atoms with van der Waals surface area (Å²) in [5.74, 6) is 1.36. The van der Waals surface area contributed by atoms with E-state index in [1.165, 1.54) is 0 Å². The maximum Gasteiger partial charge on any atom is 0.123 e.